The Hall–Kier alpha value is -1.19. The van der Waals surface area contributed by atoms with E-state index in [9.17, 15) is 4.79 Å². The van der Waals surface area contributed by atoms with Crippen molar-refractivity contribution >= 4 is 5.78 Å². The third kappa shape index (κ3) is 5.43. The lowest BCUT2D eigenvalue weighted by molar-refractivity contribution is 0.0790. The fourth-order valence-corrected chi connectivity index (χ4v) is 3.39. The second-order valence-electron chi connectivity index (χ2n) is 6.58. The first-order valence-electron chi connectivity index (χ1n) is 9.34. The van der Waals surface area contributed by atoms with Crippen LogP contribution in [0.3, 0.4) is 0 Å². The summed E-state index contributed by atoms with van der Waals surface area (Å²) in [5.41, 5.74) is 2.22. The van der Waals surface area contributed by atoms with E-state index in [1.165, 1.54) is 31.2 Å². The molecule has 1 aliphatic heterocycles. The third-order valence-corrected chi connectivity index (χ3v) is 4.84. The van der Waals surface area contributed by atoms with Crippen molar-refractivity contribution in [3.63, 3.8) is 0 Å². The van der Waals surface area contributed by atoms with Crippen molar-refractivity contribution in [1.82, 2.24) is 10.2 Å². The number of rotatable bonds is 9. The summed E-state index contributed by atoms with van der Waals surface area (Å²) in [7, 11) is 0. The number of aryl methyl sites for hydroxylation is 1. The molecular formula is C20H32N2O. The third-order valence-electron chi connectivity index (χ3n) is 4.84. The van der Waals surface area contributed by atoms with Crippen molar-refractivity contribution < 1.29 is 4.79 Å². The quantitative estimate of drug-likeness (QED) is 0.557. The van der Waals surface area contributed by atoms with E-state index in [2.05, 4.69) is 36.2 Å². The first kappa shape index (κ1) is 18.2. The Kier molecular flexibility index (Phi) is 7.77. The van der Waals surface area contributed by atoms with Crippen LogP contribution < -0.4 is 5.32 Å². The van der Waals surface area contributed by atoms with Gasteiger partial charge in [0.1, 0.15) is 0 Å². The Morgan fingerprint density at radius 3 is 2.39 bits per heavy atom. The molecular weight excluding hydrogens is 284 g/mol. The van der Waals surface area contributed by atoms with Crippen molar-refractivity contribution in [3.05, 3.63) is 35.4 Å². The van der Waals surface area contributed by atoms with Gasteiger partial charge in [-0.2, -0.15) is 0 Å². The molecule has 3 heteroatoms. The predicted molar refractivity (Wildman–Crippen MR) is 97.1 cm³/mol. The van der Waals surface area contributed by atoms with E-state index >= 15 is 0 Å². The molecule has 0 bridgehead atoms. The summed E-state index contributed by atoms with van der Waals surface area (Å²) in [6, 6.07) is 8.38. The lowest BCUT2D eigenvalue weighted by Crippen LogP contribution is -2.51. The molecule has 1 heterocycles. The van der Waals surface area contributed by atoms with Gasteiger partial charge in [-0.1, -0.05) is 57.4 Å². The maximum absolute atomic E-state index is 12.8. The minimum absolute atomic E-state index is 0.0347. The molecule has 1 unspecified atom stereocenters. The monoisotopic (exact) mass is 316 g/mol. The zero-order chi connectivity index (χ0) is 16.5. The molecule has 2 rings (SSSR count). The number of hydrogen-bond donors (Lipinski definition) is 1. The minimum atomic E-state index is 0.0347. The molecule has 1 aromatic rings. The molecule has 1 aromatic carbocycles. The van der Waals surface area contributed by atoms with Gasteiger partial charge in [-0.05, 0) is 24.8 Å². The average molecular weight is 316 g/mol. The van der Waals surface area contributed by atoms with Crippen LogP contribution in [0.2, 0.25) is 0 Å². The summed E-state index contributed by atoms with van der Waals surface area (Å²) in [5.74, 6) is 0.284. The molecule has 128 valence electrons. The summed E-state index contributed by atoms with van der Waals surface area (Å²) in [5, 5.41) is 3.36. The van der Waals surface area contributed by atoms with Crippen LogP contribution in [0.15, 0.2) is 24.3 Å². The Balaban J connectivity index is 1.92. The number of ketones is 1. The second-order valence-corrected chi connectivity index (χ2v) is 6.58. The van der Waals surface area contributed by atoms with E-state index in [1.54, 1.807) is 0 Å². The van der Waals surface area contributed by atoms with Crippen LogP contribution in [0.1, 0.15) is 61.9 Å². The average Bonchev–Trinajstić information content (AvgIpc) is 2.61. The van der Waals surface area contributed by atoms with Crippen LogP contribution in [-0.4, -0.2) is 42.9 Å². The van der Waals surface area contributed by atoms with E-state index in [1.807, 2.05) is 12.1 Å². The molecule has 0 spiro atoms. The van der Waals surface area contributed by atoms with E-state index < -0.39 is 0 Å². The largest absolute Gasteiger partial charge is 0.314 e. The number of carbonyl (C=O) groups is 1. The molecule has 3 nitrogen and oxygen atoms in total. The number of nitrogens with zero attached hydrogens (tertiary/aromatic N) is 1. The normalized spacial score (nSPS) is 17.1. The lowest BCUT2D eigenvalue weighted by Gasteiger charge is -2.33. The number of Topliss-reactive ketones (excluding diaryl/α,β-unsaturated/α-hetero) is 1. The van der Waals surface area contributed by atoms with Crippen molar-refractivity contribution in [3.8, 4) is 0 Å². The number of unbranched alkanes of at least 4 members (excludes halogenated alkanes) is 3. The first-order chi connectivity index (χ1) is 11.3. The van der Waals surface area contributed by atoms with Gasteiger partial charge in [0.05, 0.1) is 6.04 Å². The summed E-state index contributed by atoms with van der Waals surface area (Å²) >= 11 is 0. The lowest BCUT2D eigenvalue weighted by atomic mass is 9.98. The highest BCUT2D eigenvalue weighted by atomic mass is 16.1. The molecule has 1 aliphatic rings. The van der Waals surface area contributed by atoms with E-state index in [4.69, 9.17) is 0 Å². The van der Waals surface area contributed by atoms with Crippen molar-refractivity contribution in [2.45, 2.75) is 58.4 Å². The zero-order valence-corrected chi connectivity index (χ0v) is 14.8. The molecule has 1 atom stereocenters. The van der Waals surface area contributed by atoms with Crippen molar-refractivity contribution in [1.29, 1.82) is 0 Å². The molecule has 0 aliphatic carbocycles. The fourth-order valence-electron chi connectivity index (χ4n) is 3.39. The van der Waals surface area contributed by atoms with Gasteiger partial charge in [0.15, 0.2) is 5.78 Å². The van der Waals surface area contributed by atoms with Gasteiger partial charge in [0.25, 0.3) is 0 Å². The van der Waals surface area contributed by atoms with Crippen LogP contribution in [0.25, 0.3) is 0 Å². The van der Waals surface area contributed by atoms with E-state index in [0.29, 0.717) is 0 Å². The van der Waals surface area contributed by atoms with Gasteiger partial charge in [0, 0.05) is 31.7 Å². The molecule has 0 amide bonds. The van der Waals surface area contributed by atoms with Crippen LogP contribution in [0.4, 0.5) is 0 Å². The number of piperazine rings is 1. The molecule has 0 saturated carbocycles. The molecule has 1 saturated heterocycles. The van der Waals surface area contributed by atoms with Crippen LogP contribution in [0, 0.1) is 0 Å². The number of hydrogen-bond acceptors (Lipinski definition) is 3. The highest BCUT2D eigenvalue weighted by Crippen LogP contribution is 2.15. The smallest absolute Gasteiger partial charge is 0.179 e. The SMILES string of the molecule is CCCCCCc1ccc(C(=O)C(CC)N2CCNCC2)cc1. The summed E-state index contributed by atoms with van der Waals surface area (Å²) < 4.78 is 0. The Bertz CT molecular complexity index is 463. The number of nitrogens with one attached hydrogen (secondary N) is 1. The highest BCUT2D eigenvalue weighted by molar-refractivity contribution is 6.00. The van der Waals surface area contributed by atoms with Gasteiger partial charge in [-0.25, -0.2) is 0 Å². The van der Waals surface area contributed by atoms with Crippen molar-refractivity contribution in [2.75, 3.05) is 26.2 Å². The standard InChI is InChI=1S/C20H32N2O/c1-3-5-6-7-8-17-9-11-18(12-10-17)20(23)19(4-2)22-15-13-21-14-16-22/h9-12,19,21H,3-8,13-16H2,1-2H3. The maximum Gasteiger partial charge on any atom is 0.179 e. The molecule has 23 heavy (non-hydrogen) atoms. The van der Waals surface area contributed by atoms with Crippen LogP contribution in [-0.2, 0) is 6.42 Å². The highest BCUT2D eigenvalue weighted by Gasteiger charge is 2.26. The molecule has 1 fully saturated rings. The fraction of sp³-hybridized carbons (Fsp3) is 0.650. The second kappa shape index (κ2) is 9.84. The first-order valence-corrected chi connectivity index (χ1v) is 9.34. The summed E-state index contributed by atoms with van der Waals surface area (Å²) in [4.78, 5) is 15.2. The maximum atomic E-state index is 12.8. The molecule has 1 N–H and O–H groups in total. The number of benzene rings is 1. The summed E-state index contributed by atoms with van der Waals surface area (Å²) in [6.07, 6.45) is 7.16. The minimum Gasteiger partial charge on any atom is -0.314 e. The van der Waals surface area contributed by atoms with Gasteiger partial charge < -0.3 is 5.32 Å². The Morgan fingerprint density at radius 1 is 1.09 bits per heavy atom. The summed E-state index contributed by atoms with van der Waals surface area (Å²) in [6.45, 7) is 8.27. The molecule has 0 radical (unpaired) electrons. The topological polar surface area (TPSA) is 32.3 Å². The van der Waals surface area contributed by atoms with Crippen LogP contribution >= 0.6 is 0 Å². The van der Waals surface area contributed by atoms with E-state index in [-0.39, 0.29) is 11.8 Å². The van der Waals surface area contributed by atoms with E-state index in [0.717, 1.165) is 44.6 Å². The van der Waals surface area contributed by atoms with Gasteiger partial charge in [-0.3, -0.25) is 9.69 Å². The zero-order valence-electron chi connectivity index (χ0n) is 14.8. The number of carbonyl (C=O) groups excluding carboxylic acids is 1. The van der Waals surface area contributed by atoms with Gasteiger partial charge >= 0.3 is 0 Å². The van der Waals surface area contributed by atoms with Crippen molar-refractivity contribution in [2.24, 2.45) is 0 Å². The predicted octanol–water partition coefficient (Wildman–Crippen LogP) is 3.68. The van der Waals surface area contributed by atoms with Gasteiger partial charge in [-0.15, -0.1) is 0 Å². The van der Waals surface area contributed by atoms with Crippen LogP contribution in [0.5, 0.6) is 0 Å². The van der Waals surface area contributed by atoms with Gasteiger partial charge in [0.2, 0.25) is 0 Å². The Morgan fingerprint density at radius 2 is 1.78 bits per heavy atom. The molecule has 0 aromatic heterocycles. The Labute approximate surface area is 141 Å².